The molecule has 0 radical (unpaired) electrons. The molecule has 8 heteroatoms. The Bertz CT molecular complexity index is 627. The molecule has 1 atom stereocenters. The number of nitrogens with one attached hydrogen (secondary N) is 1. The van der Waals surface area contributed by atoms with Gasteiger partial charge >= 0.3 is 6.18 Å². The molecule has 0 fully saturated rings. The minimum absolute atomic E-state index is 0.181. The molecule has 21 heavy (non-hydrogen) atoms. The van der Waals surface area contributed by atoms with E-state index in [0.717, 1.165) is 23.1 Å². The van der Waals surface area contributed by atoms with Gasteiger partial charge in [0, 0.05) is 11.3 Å². The molecule has 0 spiro atoms. The molecule has 3 N–H and O–H groups in total. The lowest BCUT2D eigenvalue weighted by atomic mass is 9.97. The molecular weight excluding hydrogens is 328 g/mol. The third-order valence-corrected chi connectivity index (χ3v) is 4.18. The largest absolute Gasteiger partial charge is 0.416 e. The summed E-state index contributed by atoms with van der Waals surface area (Å²) < 4.78 is 52.9. The van der Waals surface area contributed by atoms with Crippen LogP contribution < -0.4 is 11.3 Å². The number of hydrogen-bond donors (Lipinski definition) is 2. The van der Waals surface area contributed by atoms with E-state index in [2.05, 4.69) is 5.43 Å². The average Bonchev–Trinajstić information content (AvgIpc) is 2.80. The maximum Gasteiger partial charge on any atom is 0.416 e. The highest BCUT2D eigenvalue weighted by molar-refractivity contribution is 7.16. The molecule has 0 aliphatic rings. The molecule has 0 amide bonds. The van der Waals surface area contributed by atoms with Gasteiger partial charge in [-0.05, 0) is 35.9 Å². The second kappa shape index (κ2) is 6.31. The van der Waals surface area contributed by atoms with Crippen molar-refractivity contribution in [3.8, 4) is 0 Å². The Morgan fingerprint density at radius 3 is 2.48 bits per heavy atom. The second-order valence-corrected chi connectivity index (χ2v) is 6.16. The number of alkyl halides is 3. The van der Waals surface area contributed by atoms with Crippen molar-refractivity contribution < 1.29 is 17.6 Å². The molecule has 0 aliphatic heterocycles. The van der Waals surface area contributed by atoms with Crippen LogP contribution in [0.15, 0.2) is 30.3 Å². The predicted molar refractivity (Wildman–Crippen MR) is 74.5 cm³/mol. The van der Waals surface area contributed by atoms with Crippen LogP contribution in [0.5, 0.6) is 0 Å². The lowest BCUT2D eigenvalue weighted by Gasteiger charge is -2.20. The summed E-state index contributed by atoms with van der Waals surface area (Å²) in [7, 11) is 0. The highest BCUT2D eigenvalue weighted by atomic mass is 35.5. The topological polar surface area (TPSA) is 38.0 Å². The van der Waals surface area contributed by atoms with Gasteiger partial charge in [-0.25, -0.2) is 4.39 Å². The highest BCUT2D eigenvalue weighted by Gasteiger charge is 2.35. The fourth-order valence-electron chi connectivity index (χ4n) is 2.00. The summed E-state index contributed by atoms with van der Waals surface area (Å²) in [5.41, 5.74) is 1.18. The lowest BCUT2D eigenvalue weighted by Crippen LogP contribution is -2.31. The zero-order valence-corrected chi connectivity index (χ0v) is 12.1. The fraction of sp³-hybridized carbons (Fsp3) is 0.231. The fourth-order valence-corrected chi connectivity index (χ4v) is 3.13. The molecule has 0 saturated carbocycles. The van der Waals surface area contributed by atoms with Crippen LogP contribution in [0.1, 0.15) is 22.0 Å². The van der Waals surface area contributed by atoms with Crippen molar-refractivity contribution in [3.63, 3.8) is 0 Å². The van der Waals surface area contributed by atoms with E-state index in [-0.39, 0.29) is 12.0 Å². The zero-order chi connectivity index (χ0) is 15.6. The Kier molecular flexibility index (Phi) is 4.88. The predicted octanol–water partition coefficient (Wildman–Crippen LogP) is 4.31. The van der Waals surface area contributed by atoms with Crippen molar-refractivity contribution in [2.75, 3.05) is 0 Å². The third kappa shape index (κ3) is 3.94. The van der Waals surface area contributed by atoms with Crippen LogP contribution in [0.2, 0.25) is 4.34 Å². The van der Waals surface area contributed by atoms with Crippen LogP contribution in [0, 0.1) is 5.82 Å². The first-order valence-corrected chi connectivity index (χ1v) is 7.07. The van der Waals surface area contributed by atoms with Gasteiger partial charge in [0.25, 0.3) is 0 Å². The molecule has 2 nitrogen and oxygen atoms in total. The minimum atomic E-state index is -4.58. The number of rotatable bonds is 4. The SMILES string of the molecule is NNC(Cc1ccc(Cl)s1)c1cc(F)ccc1C(F)(F)F. The van der Waals surface area contributed by atoms with Gasteiger partial charge < -0.3 is 0 Å². The van der Waals surface area contributed by atoms with E-state index in [0.29, 0.717) is 4.34 Å². The van der Waals surface area contributed by atoms with Crippen LogP contribution in [0.4, 0.5) is 17.6 Å². The van der Waals surface area contributed by atoms with Crippen molar-refractivity contribution in [1.82, 2.24) is 5.43 Å². The second-order valence-electron chi connectivity index (χ2n) is 4.36. The van der Waals surface area contributed by atoms with E-state index in [1.165, 1.54) is 11.3 Å². The molecule has 0 bridgehead atoms. The minimum Gasteiger partial charge on any atom is -0.271 e. The maximum atomic E-state index is 13.3. The van der Waals surface area contributed by atoms with E-state index in [9.17, 15) is 17.6 Å². The Morgan fingerprint density at radius 1 is 1.24 bits per heavy atom. The molecule has 1 heterocycles. The summed E-state index contributed by atoms with van der Waals surface area (Å²) in [5.74, 6) is 4.61. The summed E-state index contributed by atoms with van der Waals surface area (Å²) in [6.45, 7) is 0. The highest BCUT2D eigenvalue weighted by Crippen LogP contribution is 2.36. The normalized spacial score (nSPS) is 13.4. The van der Waals surface area contributed by atoms with Crippen molar-refractivity contribution in [3.05, 3.63) is 56.5 Å². The number of nitrogens with two attached hydrogens (primary N) is 1. The Labute approximate surface area is 127 Å². The number of hydrogen-bond acceptors (Lipinski definition) is 3. The van der Waals surface area contributed by atoms with Crippen molar-refractivity contribution in [2.45, 2.75) is 18.6 Å². The van der Waals surface area contributed by atoms with Gasteiger partial charge in [0.2, 0.25) is 0 Å². The zero-order valence-electron chi connectivity index (χ0n) is 10.5. The van der Waals surface area contributed by atoms with Crippen molar-refractivity contribution in [2.24, 2.45) is 5.84 Å². The van der Waals surface area contributed by atoms with Crippen LogP contribution in [0.25, 0.3) is 0 Å². The number of thiophene rings is 1. The van der Waals surface area contributed by atoms with Gasteiger partial charge in [-0.2, -0.15) is 13.2 Å². The first-order valence-electron chi connectivity index (χ1n) is 5.88. The van der Waals surface area contributed by atoms with E-state index in [4.69, 9.17) is 17.4 Å². The first-order chi connectivity index (χ1) is 9.81. The average molecular weight is 339 g/mol. The van der Waals surface area contributed by atoms with Crippen LogP contribution in [-0.4, -0.2) is 0 Å². The van der Waals surface area contributed by atoms with Gasteiger partial charge in [-0.1, -0.05) is 11.6 Å². The third-order valence-electron chi connectivity index (χ3n) is 2.93. The summed E-state index contributed by atoms with van der Waals surface area (Å²) in [5, 5.41) is 0. The molecule has 0 saturated heterocycles. The Balaban J connectivity index is 2.39. The number of benzene rings is 1. The summed E-state index contributed by atoms with van der Waals surface area (Å²) >= 11 is 7.03. The molecule has 114 valence electrons. The van der Waals surface area contributed by atoms with Gasteiger partial charge in [0.15, 0.2) is 0 Å². The van der Waals surface area contributed by atoms with Crippen molar-refractivity contribution in [1.29, 1.82) is 0 Å². The van der Waals surface area contributed by atoms with E-state index >= 15 is 0 Å². The van der Waals surface area contributed by atoms with E-state index < -0.39 is 23.6 Å². The number of halogens is 5. The van der Waals surface area contributed by atoms with E-state index in [1.807, 2.05) is 0 Å². The summed E-state index contributed by atoms with van der Waals surface area (Å²) in [4.78, 5) is 0.750. The van der Waals surface area contributed by atoms with Crippen LogP contribution in [-0.2, 0) is 12.6 Å². The van der Waals surface area contributed by atoms with E-state index in [1.54, 1.807) is 12.1 Å². The maximum absolute atomic E-state index is 13.3. The first kappa shape index (κ1) is 16.2. The molecular formula is C13H11ClF4N2S. The van der Waals surface area contributed by atoms with Gasteiger partial charge in [-0.3, -0.25) is 11.3 Å². The van der Waals surface area contributed by atoms with Crippen LogP contribution in [0.3, 0.4) is 0 Å². The molecule has 2 rings (SSSR count). The monoisotopic (exact) mass is 338 g/mol. The molecule has 1 aromatic heterocycles. The quantitative estimate of drug-likeness (QED) is 0.495. The Morgan fingerprint density at radius 2 is 1.95 bits per heavy atom. The molecule has 1 aromatic carbocycles. The van der Waals surface area contributed by atoms with Gasteiger partial charge in [-0.15, -0.1) is 11.3 Å². The van der Waals surface area contributed by atoms with Crippen molar-refractivity contribution >= 4 is 22.9 Å². The van der Waals surface area contributed by atoms with Crippen LogP contribution >= 0.6 is 22.9 Å². The standard InChI is InChI=1S/C13H11ClF4N2S/c14-12-4-2-8(21-12)6-11(20-19)9-5-7(15)1-3-10(9)13(16,17)18/h1-5,11,20H,6,19H2. The smallest absolute Gasteiger partial charge is 0.271 e. The molecule has 1 unspecified atom stereocenters. The summed E-state index contributed by atoms with van der Waals surface area (Å²) in [6.07, 6.45) is -4.40. The van der Waals surface area contributed by atoms with Gasteiger partial charge in [0.05, 0.1) is 15.9 Å². The van der Waals surface area contributed by atoms with Gasteiger partial charge in [0.1, 0.15) is 5.82 Å². The molecule has 0 aliphatic carbocycles. The summed E-state index contributed by atoms with van der Waals surface area (Å²) in [6, 6.07) is 4.82. The lowest BCUT2D eigenvalue weighted by molar-refractivity contribution is -0.138. The number of hydrazine groups is 1. The molecule has 2 aromatic rings. The Hall–Kier alpha value is -1.15.